The standard InChI is InChI=1S/C40H49NO14/c1-16-12-11-13-17(2)38(49)41-28-19(4)36(55-23(8)42)24-25(33(28)47)31(45)21(6)35-26(24)34(53-15-54-35)18(3)14-40(9,51)37(48)22(7)32(46)27(39(50)52-10)30(44)20(5)29(16)43/h11-14,16,20,22,27,30,32,37,44,46-48,51H,15H2,1-10H3,(H,41,49)/b12-11-,17-13+,18-14+/t16-,20-,22+,27-,30-,32-,37+,40+/m1/s1. The van der Waals surface area contributed by atoms with Crippen LogP contribution in [0.25, 0.3) is 5.57 Å². The molecular weight excluding hydrogens is 718 g/mol. The Bertz CT molecular complexity index is 1960. The molecule has 0 spiro atoms. The molecule has 0 radical (unpaired) electrons. The third-order valence-corrected chi connectivity index (χ3v) is 10.4. The molecule has 4 bridgehead atoms. The number of phenolic OH excluding ortho intramolecular Hbond substituents is 1. The molecule has 0 fully saturated rings. The van der Waals surface area contributed by atoms with Crippen molar-refractivity contribution in [2.24, 2.45) is 23.7 Å². The lowest BCUT2D eigenvalue weighted by Crippen LogP contribution is -2.52. The summed E-state index contributed by atoms with van der Waals surface area (Å²) in [6.07, 6.45) is 0.0247. The minimum Gasteiger partial charge on any atom is -0.505 e. The number of hydrogen-bond donors (Lipinski definition) is 6. The normalized spacial score (nSPS) is 32.0. The number of aliphatic hydroxyl groups excluding tert-OH is 3. The van der Waals surface area contributed by atoms with Crippen LogP contribution in [0.3, 0.4) is 0 Å². The lowest BCUT2D eigenvalue weighted by atomic mass is 9.75. The van der Waals surface area contributed by atoms with Crippen LogP contribution in [-0.2, 0) is 33.4 Å². The number of phenols is 1. The van der Waals surface area contributed by atoms with E-state index < -0.39 is 89.5 Å². The second-order valence-corrected chi connectivity index (χ2v) is 14.5. The molecule has 6 N–H and O–H groups in total. The van der Waals surface area contributed by atoms with E-state index >= 15 is 0 Å². The third kappa shape index (κ3) is 8.01. The number of nitrogens with one attached hydrogen (secondary N) is 1. The van der Waals surface area contributed by atoms with E-state index in [-0.39, 0.29) is 61.9 Å². The first kappa shape index (κ1) is 42.6. The summed E-state index contributed by atoms with van der Waals surface area (Å²) in [6.45, 7) is 12.0. The van der Waals surface area contributed by atoms with Crippen LogP contribution in [0, 0.1) is 30.6 Å². The summed E-state index contributed by atoms with van der Waals surface area (Å²) >= 11 is 0. The molecule has 0 unspecified atom stereocenters. The van der Waals surface area contributed by atoms with Crippen molar-refractivity contribution in [3.05, 3.63) is 69.2 Å². The molecular formula is C40H49NO14. The molecule has 3 heterocycles. The number of carbonyl (C=O) groups is 5. The van der Waals surface area contributed by atoms with Gasteiger partial charge in [-0.25, -0.2) is 0 Å². The maximum Gasteiger partial charge on any atom is 0.313 e. The zero-order chi connectivity index (χ0) is 41.4. The molecule has 1 aliphatic carbocycles. The predicted octanol–water partition coefficient (Wildman–Crippen LogP) is 3.31. The zero-order valence-electron chi connectivity index (χ0n) is 32.5. The number of hydrogen-bond acceptors (Lipinski definition) is 14. The van der Waals surface area contributed by atoms with Crippen molar-refractivity contribution in [3.8, 4) is 11.5 Å². The topological polar surface area (TPSA) is 235 Å². The Labute approximate surface area is 318 Å². The van der Waals surface area contributed by atoms with Crippen molar-refractivity contribution in [3.63, 3.8) is 0 Å². The average Bonchev–Trinajstić information content (AvgIpc) is 3.13. The van der Waals surface area contributed by atoms with Gasteiger partial charge in [0.05, 0.1) is 42.2 Å². The maximum atomic E-state index is 14.0. The molecule has 0 saturated carbocycles. The smallest absolute Gasteiger partial charge is 0.313 e. The minimum absolute atomic E-state index is 0.00714. The number of Topliss-reactive ketones (excluding diaryl/α,β-unsaturated/α-hetero) is 2. The van der Waals surface area contributed by atoms with Gasteiger partial charge < -0.3 is 49.8 Å². The SMILES string of the molecule is COC(=O)[C@H]1[C@H](O)[C@H](C)[C@H](O)[C@@](C)(O)/C=C(\C)C2=C3C(=C(C)C(=O)c4c(O)c(c(C)c(OC(C)=O)c43)NC(=O)/C(C)=C/C=C\[C@@H](C)C(=O)[C@@H](C)[C@H]1O)OCO2. The van der Waals surface area contributed by atoms with Gasteiger partial charge in [-0.1, -0.05) is 39.0 Å². The number of carbonyl (C=O) groups excluding carboxylic acids is 5. The Morgan fingerprint density at radius 3 is 2.16 bits per heavy atom. The van der Waals surface area contributed by atoms with Crippen LogP contribution in [-0.4, -0.2) is 92.8 Å². The Morgan fingerprint density at radius 2 is 1.56 bits per heavy atom. The molecule has 5 rings (SSSR count). The lowest BCUT2D eigenvalue weighted by Gasteiger charge is -2.38. The molecule has 55 heavy (non-hydrogen) atoms. The Kier molecular flexibility index (Phi) is 12.7. The van der Waals surface area contributed by atoms with Gasteiger partial charge in [0, 0.05) is 47.0 Å². The average molecular weight is 768 g/mol. The monoisotopic (exact) mass is 767 g/mol. The fraction of sp³-hybridized carbons (Fsp3) is 0.475. The van der Waals surface area contributed by atoms with Crippen molar-refractivity contribution >= 4 is 40.7 Å². The van der Waals surface area contributed by atoms with Crippen LogP contribution in [0.1, 0.15) is 76.9 Å². The quantitative estimate of drug-likeness (QED) is 0.144. The first-order valence-electron chi connectivity index (χ1n) is 17.7. The minimum atomic E-state index is -2.19. The van der Waals surface area contributed by atoms with Gasteiger partial charge in [-0.2, -0.15) is 0 Å². The number of ketones is 2. The number of fused-ring (bicyclic) bond motifs is 14. The molecule has 1 aromatic carbocycles. The molecule has 8 atom stereocenters. The van der Waals surface area contributed by atoms with E-state index in [9.17, 15) is 49.5 Å². The number of benzene rings is 1. The summed E-state index contributed by atoms with van der Waals surface area (Å²) < 4.78 is 22.2. The van der Waals surface area contributed by atoms with Crippen LogP contribution in [0.2, 0.25) is 0 Å². The van der Waals surface area contributed by atoms with Crippen LogP contribution in [0.4, 0.5) is 5.69 Å². The van der Waals surface area contributed by atoms with Gasteiger partial charge in [0.15, 0.2) is 11.5 Å². The summed E-state index contributed by atoms with van der Waals surface area (Å²) in [5.41, 5.74) is -2.46. The van der Waals surface area contributed by atoms with Crippen molar-refractivity contribution in [1.29, 1.82) is 0 Å². The van der Waals surface area contributed by atoms with Gasteiger partial charge in [-0.3, -0.25) is 24.0 Å². The van der Waals surface area contributed by atoms with Crippen LogP contribution >= 0.6 is 0 Å². The highest BCUT2D eigenvalue weighted by Crippen LogP contribution is 2.53. The fourth-order valence-electron chi connectivity index (χ4n) is 7.13. The number of esters is 2. The largest absolute Gasteiger partial charge is 0.505 e. The van der Waals surface area contributed by atoms with Crippen LogP contribution < -0.4 is 10.1 Å². The highest BCUT2D eigenvalue weighted by atomic mass is 16.7. The van der Waals surface area contributed by atoms with Crippen molar-refractivity contribution in [1.82, 2.24) is 0 Å². The summed E-state index contributed by atoms with van der Waals surface area (Å²) in [5.74, 6) is -9.80. The summed E-state index contributed by atoms with van der Waals surface area (Å²) in [7, 11) is 1.04. The number of methoxy groups -OCH3 is 1. The van der Waals surface area contributed by atoms with Gasteiger partial charge in [-0.15, -0.1) is 0 Å². The first-order valence-corrected chi connectivity index (χ1v) is 17.7. The first-order chi connectivity index (χ1) is 25.6. The molecule has 1 aromatic rings. The molecule has 0 saturated heterocycles. The molecule has 4 aliphatic rings. The zero-order valence-corrected chi connectivity index (χ0v) is 32.5. The Balaban J connectivity index is 2.07. The molecule has 1 amide bonds. The highest BCUT2D eigenvalue weighted by molar-refractivity contribution is 6.21. The number of aromatic hydroxyl groups is 1. The maximum absolute atomic E-state index is 14.0. The van der Waals surface area contributed by atoms with E-state index in [1.807, 2.05) is 0 Å². The highest BCUT2D eigenvalue weighted by Gasteiger charge is 2.47. The third-order valence-electron chi connectivity index (χ3n) is 10.4. The van der Waals surface area contributed by atoms with Gasteiger partial charge >= 0.3 is 11.9 Å². The van der Waals surface area contributed by atoms with Gasteiger partial charge in [-0.05, 0) is 46.3 Å². The van der Waals surface area contributed by atoms with E-state index in [2.05, 4.69) is 5.32 Å². The number of amides is 1. The predicted molar refractivity (Wildman–Crippen MR) is 197 cm³/mol. The number of allylic oxidation sites excluding steroid dienone is 6. The van der Waals surface area contributed by atoms with E-state index in [1.165, 1.54) is 79.7 Å². The second-order valence-electron chi connectivity index (χ2n) is 14.5. The molecule has 298 valence electrons. The molecule has 15 nitrogen and oxygen atoms in total. The summed E-state index contributed by atoms with van der Waals surface area (Å²) in [4.78, 5) is 66.4. The number of rotatable bonds is 2. The van der Waals surface area contributed by atoms with Gasteiger partial charge in [0.25, 0.3) is 5.91 Å². The summed E-state index contributed by atoms with van der Waals surface area (Å²) in [5, 5.41) is 60.4. The van der Waals surface area contributed by atoms with E-state index in [0.717, 1.165) is 14.0 Å². The van der Waals surface area contributed by atoms with Gasteiger partial charge in [0.1, 0.15) is 34.6 Å². The second kappa shape index (κ2) is 16.3. The van der Waals surface area contributed by atoms with Crippen LogP contribution in [0.15, 0.2) is 52.5 Å². The van der Waals surface area contributed by atoms with Gasteiger partial charge in [0.2, 0.25) is 6.79 Å². The van der Waals surface area contributed by atoms with E-state index in [1.54, 1.807) is 0 Å². The van der Waals surface area contributed by atoms with Crippen molar-refractivity contribution in [2.75, 3.05) is 19.2 Å². The van der Waals surface area contributed by atoms with Crippen molar-refractivity contribution in [2.45, 2.75) is 86.2 Å². The van der Waals surface area contributed by atoms with Crippen molar-refractivity contribution < 1.29 is 68.5 Å². The number of anilines is 1. The molecule has 0 aromatic heterocycles. The number of ether oxygens (including phenoxy) is 4. The molecule has 3 aliphatic heterocycles. The van der Waals surface area contributed by atoms with E-state index in [4.69, 9.17) is 18.9 Å². The fourth-order valence-corrected chi connectivity index (χ4v) is 7.13. The molecule has 15 heteroatoms. The Hall–Kier alpha value is -5.09. The number of aliphatic hydroxyl groups is 4. The lowest BCUT2D eigenvalue weighted by molar-refractivity contribution is -0.166. The van der Waals surface area contributed by atoms with Crippen LogP contribution in [0.5, 0.6) is 11.5 Å². The Morgan fingerprint density at radius 1 is 0.945 bits per heavy atom. The van der Waals surface area contributed by atoms with E-state index in [0.29, 0.717) is 0 Å². The summed E-state index contributed by atoms with van der Waals surface area (Å²) in [6, 6.07) is 0.